The SMILES string of the molecule is COc1ccc2c(n1)CCN(C(=O)O)[C@H]2C(=O)Nc1ccc([Si](C)(C)C)c(F)c1. The third kappa shape index (κ3) is 4.24. The zero-order valence-electron chi connectivity index (χ0n) is 16.8. The molecule has 0 saturated carbocycles. The van der Waals surface area contributed by atoms with Crippen molar-refractivity contribution in [3.63, 3.8) is 0 Å². The lowest BCUT2D eigenvalue weighted by molar-refractivity contribution is -0.121. The molecular weight excluding hydrogens is 393 g/mol. The van der Waals surface area contributed by atoms with E-state index < -0.39 is 26.1 Å². The summed E-state index contributed by atoms with van der Waals surface area (Å²) in [6.45, 7) is 6.24. The van der Waals surface area contributed by atoms with Gasteiger partial charge in [-0.2, -0.15) is 0 Å². The maximum atomic E-state index is 14.5. The van der Waals surface area contributed by atoms with Crippen LogP contribution in [-0.2, 0) is 11.2 Å². The van der Waals surface area contributed by atoms with Gasteiger partial charge in [0.25, 0.3) is 5.91 Å². The lowest BCUT2D eigenvalue weighted by Gasteiger charge is -2.33. The van der Waals surface area contributed by atoms with Crippen LogP contribution in [0, 0.1) is 5.82 Å². The molecule has 2 aromatic rings. The fourth-order valence-electron chi connectivity index (χ4n) is 3.48. The topological polar surface area (TPSA) is 91.8 Å². The number of nitrogens with one attached hydrogen (secondary N) is 1. The summed E-state index contributed by atoms with van der Waals surface area (Å²) in [5.74, 6) is -0.524. The van der Waals surface area contributed by atoms with Gasteiger partial charge < -0.3 is 15.2 Å². The average molecular weight is 418 g/mol. The highest BCUT2D eigenvalue weighted by Crippen LogP contribution is 2.31. The molecule has 2 N–H and O–H groups in total. The van der Waals surface area contributed by atoms with Crippen LogP contribution in [0.3, 0.4) is 0 Å². The molecule has 1 aliphatic heterocycles. The molecule has 0 fully saturated rings. The molecule has 2 heterocycles. The number of hydrogen-bond donors (Lipinski definition) is 2. The number of halogens is 1. The number of carbonyl (C=O) groups is 2. The minimum Gasteiger partial charge on any atom is -0.481 e. The van der Waals surface area contributed by atoms with Crippen molar-refractivity contribution >= 4 is 30.9 Å². The van der Waals surface area contributed by atoms with E-state index >= 15 is 0 Å². The Morgan fingerprint density at radius 1 is 1.28 bits per heavy atom. The van der Waals surface area contributed by atoms with Crippen molar-refractivity contribution in [1.82, 2.24) is 9.88 Å². The van der Waals surface area contributed by atoms with Crippen molar-refractivity contribution in [2.24, 2.45) is 0 Å². The highest BCUT2D eigenvalue weighted by atomic mass is 28.3. The summed E-state index contributed by atoms with van der Waals surface area (Å²) >= 11 is 0. The number of carboxylic acid groups (broad SMARTS) is 1. The molecule has 29 heavy (non-hydrogen) atoms. The van der Waals surface area contributed by atoms with Gasteiger partial charge in [0.1, 0.15) is 11.9 Å². The lowest BCUT2D eigenvalue weighted by Crippen LogP contribution is -2.45. The van der Waals surface area contributed by atoms with Gasteiger partial charge in [-0.1, -0.05) is 25.7 Å². The smallest absolute Gasteiger partial charge is 0.408 e. The number of nitrogens with zero attached hydrogens (tertiary/aromatic N) is 2. The first kappa shape index (κ1) is 20.8. The maximum Gasteiger partial charge on any atom is 0.408 e. The Kier molecular flexibility index (Phi) is 5.61. The molecule has 0 unspecified atom stereocenters. The normalized spacial score (nSPS) is 16.2. The van der Waals surface area contributed by atoms with Gasteiger partial charge in [0.05, 0.1) is 20.9 Å². The van der Waals surface area contributed by atoms with E-state index in [9.17, 15) is 19.1 Å². The third-order valence-corrected chi connectivity index (χ3v) is 6.95. The number of fused-ring (bicyclic) bond motifs is 1. The quantitative estimate of drug-likeness (QED) is 0.746. The number of anilines is 1. The number of ether oxygens (including phenoxy) is 1. The van der Waals surface area contributed by atoms with Gasteiger partial charge in [-0.15, -0.1) is 0 Å². The third-order valence-electron chi connectivity index (χ3n) is 4.93. The fourth-order valence-corrected chi connectivity index (χ4v) is 4.85. The summed E-state index contributed by atoms with van der Waals surface area (Å²) < 4.78 is 19.6. The van der Waals surface area contributed by atoms with Crippen molar-refractivity contribution in [3.05, 3.63) is 47.4 Å². The molecule has 1 aliphatic rings. The number of pyridine rings is 1. The van der Waals surface area contributed by atoms with Crippen LogP contribution in [0.2, 0.25) is 19.6 Å². The van der Waals surface area contributed by atoms with Gasteiger partial charge in [-0.3, -0.25) is 9.69 Å². The van der Waals surface area contributed by atoms with Crippen LogP contribution < -0.4 is 15.2 Å². The molecule has 154 valence electrons. The Morgan fingerprint density at radius 2 is 2.00 bits per heavy atom. The van der Waals surface area contributed by atoms with Crippen molar-refractivity contribution in [2.75, 3.05) is 19.0 Å². The minimum absolute atomic E-state index is 0.128. The molecule has 0 spiro atoms. The number of methoxy groups -OCH3 is 1. The van der Waals surface area contributed by atoms with Crippen molar-refractivity contribution in [3.8, 4) is 5.88 Å². The molecule has 1 aromatic heterocycles. The standard InChI is InChI=1S/C20H24FN3O4Si/c1-28-17-8-6-13-15(23-17)9-10-24(20(26)27)18(13)19(25)22-12-5-7-16(14(21)11-12)29(2,3)4/h5-8,11,18H,9-10H2,1-4H3,(H,22,25)(H,26,27)/t18-/m1/s1. The largest absolute Gasteiger partial charge is 0.481 e. The summed E-state index contributed by atoms with van der Waals surface area (Å²) in [7, 11) is -0.359. The van der Waals surface area contributed by atoms with Crippen molar-refractivity contribution in [2.45, 2.75) is 32.1 Å². The molecule has 0 aliphatic carbocycles. The molecule has 9 heteroatoms. The zero-order valence-corrected chi connectivity index (χ0v) is 17.8. The van der Waals surface area contributed by atoms with Crippen molar-refractivity contribution in [1.29, 1.82) is 0 Å². The summed E-state index contributed by atoms with van der Waals surface area (Å²) in [5.41, 5.74) is 1.40. The van der Waals surface area contributed by atoms with Crippen LogP contribution >= 0.6 is 0 Å². The summed E-state index contributed by atoms with van der Waals surface area (Å²) in [6, 6.07) is 6.78. The van der Waals surface area contributed by atoms with Crippen LogP contribution in [-0.4, -0.2) is 48.7 Å². The zero-order chi connectivity index (χ0) is 21.3. The molecule has 2 amide bonds. The number of aromatic nitrogens is 1. The van der Waals surface area contributed by atoms with E-state index in [2.05, 4.69) is 10.3 Å². The van der Waals surface area contributed by atoms with Crippen LogP contribution in [0.5, 0.6) is 5.88 Å². The summed E-state index contributed by atoms with van der Waals surface area (Å²) in [4.78, 5) is 30.1. The van der Waals surface area contributed by atoms with Crippen LogP contribution in [0.25, 0.3) is 0 Å². The first-order chi connectivity index (χ1) is 13.6. The van der Waals surface area contributed by atoms with Gasteiger partial charge in [-0.05, 0) is 23.4 Å². The van der Waals surface area contributed by atoms with E-state index in [0.717, 1.165) is 4.90 Å². The first-order valence-corrected chi connectivity index (χ1v) is 12.8. The molecule has 0 radical (unpaired) electrons. The first-order valence-electron chi connectivity index (χ1n) is 9.26. The van der Waals surface area contributed by atoms with E-state index in [0.29, 0.717) is 28.7 Å². The Balaban J connectivity index is 1.92. The van der Waals surface area contributed by atoms with Crippen LogP contribution in [0.4, 0.5) is 14.9 Å². The van der Waals surface area contributed by atoms with Gasteiger partial charge in [0.15, 0.2) is 0 Å². The second-order valence-corrected chi connectivity index (χ2v) is 13.0. The maximum absolute atomic E-state index is 14.5. The number of carbonyl (C=O) groups excluding carboxylic acids is 1. The molecule has 1 aromatic carbocycles. The number of rotatable bonds is 4. The summed E-state index contributed by atoms with van der Waals surface area (Å²) in [5, 5.41) is 12.9. The summed E-state index contributed by atoms with van der Waals surface area (Å²) in [6.07, 6.45) is -0.825. The molecule has 0 bridgehead atoms. The predicted octanol–water partition coefficient (Wildman–Crippen LogP) is 2.99. The minimum atomic E-state index is -1.85. The van der Waals surface area contributed by atoms with E-state index in [-0.39, 0.29) is 18.0 Å². The molecule has 1 atom stereocenters. The van der Waals surface area contributed by atoms with Gasteiger partial charge in [0.2, 0.25) is 5.88 Å². The van der Waals surface area contributed by atoms with Gasteiger partial charge in [-0.25, -0.2) is 14.2 Å². The van der Waals surface area contributed by atoms with Crippen LogP contribution in [0.15, 0.2) is 30.3 Å². The molecular formula is C20H24FN3O4Si. The van der Waals surface area contributed by atoms with E-state index in [1.807, 2.05) is 19.6 Å². The number of benzene rings is 1. The highest BCUT2D eigenvalue weighted by Gasteiger charge is 2.37. The van der Waals surface area contributed by atoms with E-state index in [4.69, 9.17) is 4.74 Å². The lowest BCUT2D eigenvalue weighted by atomic mass is 9.96. The Bertz CT molecular complexity index is 961. The fraction of sp³-hybridized carbons (Fsp3) is 0.350. The van der Waals surface area contributed by atoms with E-state index in [1.165, 1.54) is 13.2 Å². The molecule has 3 rings (SSSR count). The molecule has 0 saturated heterocycles. The predicted molar refractivity (Wildman–Crippen MR) is 110 cm³/mol. The monoisotopic (exact) mass is 417 g/mol. The second kappa shape index (κ2) is 7.82. The van der Waals surface area contributed by atoms with Gasteiger partial charge >= 0.3 is 6.09 Å². The Hall–Kier alpha value is -2.94. The second-order valence-electron chi connectivity index (χ2n) is 7.95. The Morgan fingerprint density at radius 3 is 2.59 bits per heavy atom. The molecule has 7 nitrogen and oxygen atoms in total. The van der Waals surface area contributed by atoms with Crippen molar-refractivity contribution < 1.29 is 23.8 Å². The van der Waals surface area contributed by atoms with E-state index in [1.54, 1.807) is 24.3 Å². The highest BCUT2D eigenvalue weighted by molar-refractivity contribution is 6.88. The Labute approximate surface area is 169 Å². The number of hydrogen-bond acceptors (Lipinski definition) is 4. The van der Waals surface area contributed by atoms with Crippen LogP contribution in [0.1, 0.15) is 17.3 Å². The number of amides is 2. The van der Waals surface area contributed by atoms with Gasteiger partial charge in [0, 0.05) is 30.3 Å². The average Bonchev–Trinajstić information content (AvgIpc) is 2.65.